The first kappa shape index (κ1) is 22.5. The quantitative estimate of drug-likeness (QED) is 0.281. The summed E-state index contributed by atoms with van der Waals surface area (Å²) in [5, 5.41) is 17.1. The maximum absolute atomic E-state index is 10.6. The number of thiophene rings is 1. The summed E-state index contributed by atoms with van der Waals surface area (Å²) in [5.74, 6) is 2.00. The Balaban J connectivity index is 0.00000312. The van der Waals surface area contributed by atoms with Crippen LogP contribution in [0.1, 0.15) is 30.2 Å². The molecular formula is C17H25BrIN3O2S. The molecule has 0 aliphatic carbocycles. The van der Waals surface area contributed by atoms with Gasteiger partial charge in [0.25, 0.3) is 0 Å². The fourth-order valence-electron chi connectivity index (χ4n) is 2.17. The number of aliphatic hydroxyl groups is 1. The van der Waals surface area contributed by atoms with E-state index >= 15 is 0 Å². The van der Waals surface area contributed by atoms with Gasteiger partial charge in [0, 0.05) is 18.0 Å². The second kappa shape index (κ2) is 10.5. The summed E-state index contributed by atoms with van der Waals surface area (Å²) in [6.07, 6.45) is 0.925. The summed E-state index contributed by atoms with van der Waals surface area (Å²) in [5.41, 5.74) is -1.13. The smallest absolute Gasteiger partial charge is 0.191 e. The first-order chi connectivity index (χ1) is 11.4. The van der Waals surface area contributed by atoms with Gasteiger partial charge < -0.3 is 20.2 Å². The molecule has 0 spiro atoms. The lowest BCUT2D eigenvalue weighted by Gasteiger charge is -2.19. The van der Waals surface area contributed by atoms with Gasteiger partial charge in [0.05, 0.1) is 10.3 Å². The van der Waals surface area contributed by atoms with Gasteiger partial charge in [-0.3, -0.25) is 0 Å². The highest BCUT2D eigenvalue weighted by Gasteiger charge is 2.26. The molecule has 8 heteroatoms. The van der Waals surface area contributed by atoms with Crippen LogP contribution in [-0.4, -0.2) is 30.7 Å². The van der Waals surface area contributed by atoms with Gasteiger partial charge in [-0.05, 0) is 67.4 Å². The van der Waals surface area contributed by atoms with Crippen molar-refractivity contribution in [3.8, 4) is 0 Å². The summed E-state index contributed by atoms with van der Waals surface area (Å²) in [6, 6.07) is 7.81. The third-order valence-electron chi connectivity index (χ3n) is 3.45. The van der Waals surface area contributed by atoms with E-state index in [1.807, 2.05) is 19.9 Å². The summed E-state index contributed by atoms with van der Waals surface area (Å²) < 4.78 is 6.66. The largest absolute Gasteiger partial charge is 0.463 e. The Hall–Kier alpha value is -0.580. The average Bonchev–Trinajstić information content (AvgIpc) is 3.14. The third-order valence-corrected chi connectivity index (χ3v) is 5.14. The van der Waals surface area contributed by atoms with Crippen molar-refractivity contribution in [1.82, 2.24) is 10.6 Å². The number of rotatable bonds is 7. The van der Waals surface area contributed by atoms with Gasteiger partial charge in [0.2, 0.25) is 0 Å². The van der Waals surface area contributed by atoms with Crippen molar-refractivity contribution >= 4 is 57.2 Å². The van der Waals surface area contributed by atoms with Crippen LogP contribution in [0.5, 0.6) is 0 Å². The van der Waals surface area contributed by atoms with Gasteiger partial charge in [0.15, 0.2) is 5.96 Å². The zero-order valence-corrected chi connectivity index (χ0v) is 19.4. The summed E-state index contributed by atoms with van der Waals surface area (Å²) in [7, 11) is 0. The molecule has 0 radical (unpaired) electrons. The number of guanidine groups is 1. The fraction of sp³-hybridized carbons (Fsp3) is 0.471. The molecule has 3 N–H and O–H groups in total. The van der Waals surface area contributed by atoms with Crippen LogP contribution in [0.2, 0.25) is 0 Å². The van der Waals surface area contributed by atoms with Gasteiger partial charge in [-0.25, -0.2) is 4.99 Å². The molecule has 0 aliphatic heterocycles. The first-order valence-corrected chi connectivity index (χ1v) is 9.57. The minimum atomic E-state index is -1.13. The molecule has 0 aliphatic rings. The van der Waals surface area contributed by atoms with E-state index in [0.717, 1.165) is 29.1 Å². The lowest BCUT2D eigenvalue weighted by atomic mass is 10.0. The molecule has 1 unspecified atom stereocenters. The predicted molar refractivity (Wildman–Crippen MR) is 118 cm³/mol. The number of furan rings is 1. The Morgan fingerprint density at radius 2 is 2.08 bits per heavy atom. The van der Waals surface area contributed by atoms with Crippen molar-refractivity contribution in [2.75, 3.05) is 19.6 Å². The molecule has 5 nitrogen and oxygen atoms in total. The highest BCUT2D eigenvalue weighted by atomic mass is 127. The number of nitrogens with zero attached hydrogens (tertiary/aromatic N) is 1. The summed E-state index contributed by atoms with van der Waals surface area (Å²) in [4.78, 5) is 5.79. The van der Waals surface area contributed by atoms with Crippen LogP contribution in [0.25, 0.3) is 0 Å². The molecule has 2 aromatic rings. The number of hydrogen-bond acceptors (Lipinski definition) is 4. The van der Waals surface area contributed by atoms with Gasteiger partial charge in [-0.2, -0.15) is 0 Å². The topological polar surface area (TPSA) is 69.8 Å². The number of nitrogens with one attached hydrogen (secondary N) is 2. The Morgan fingerprint density at radius 3 is 2.64 bits per heavy atom. The highest BCUT2D eigenvalue weighted by Crippen LogP contribution is 2.23. The van der Waals surface area contributed by atoms with Crippen LogP contribution in [0.4, 0.5) is 0 Å². The van der Waals surface area contributed by atoms with Crippen molar-refractivity contribution in [3.63, 3.8) is 0 Å². The minimum Gasteiger partial charge on any atom is -0.463 e. The molecule has 1 atom stereocenters. The van der Waals surface area contributed by atoms with E-state index in [0.29, 0.717) is 11.7 Å². The highest BCUT2D eigenvalue weighted by molar-refractivity contribution is 14.0. The lowest BCUT2D eigenvalue weighted by Crippen LogP contribution is -2.39. The average molecular weight is 542 g/mol. The number of hydrogen-bond donors (Lipinski definition) is 3. The second-order valence-electron chi connectivity index (χ2n) is 5.76. The molecule has 140 valence electrons. The molecule has 2 rings (SSSR count). The maximum Gasteiger partial charge on any atom is 0.191 e. The lowest BCUT2D eigenvalue weighted by molar-refractivity contribution is 0.0428. The van der Waals surface area contributed by atoms with Gasteiger partial charge in [0.1, 0.15) is 17.1 Å². The monoisotopic (exact) mass is 541 g/mol. The second-order valence-corrected chi connectivity index (χ2v) is 8.31. The zero-order valence-electron chi connectivity index (χ0n) is 14.6. The van der Waals surface area contributed by atoms with Crippen LogP contribution in [0, 0.1) is 6.92 Å². The Morgan fingerprint density at radius 1 is 1.32 bits per heavy atom. The number of aryl methyl sites for hydroxylation is 1. The van der Waals surface area contributed by atoms with E-state index in [-0.39, 0.29) is 30.5 Å². The molecule has 25 heavy (non-hydrogen) atoms. The van der Waals surface area contributed by atoms with Crippen LogP contribution in [0.15, 0.2) is 37.5 Å². The van der Waals surface area contributed by atoms with E-state index in [1.165, 1.54) is 4.88 Å². The molecule has 0 bridgehead atoms. The van der Waals surface area contributed by atoms with Gasteiger partial charge in [-0.1, -0.05) is 0 Å². The molecule has 0 fully saturated rings. The SMILES string of the molecule is CCNC(=NCC(C)(O)c1ccc(C)o1)NCCc1ccc(Br)s1.I. The standard InChI is InChI=1S/C17H24BrN3O2S.HI/c1-4-19-16(20-10-9-13-6-8-15(18)24-13)21-11-17(3,22)14-7-5-12(2)23-14;/h5-8,22H,4,9-11H2,1-3H3,(H2,19,20,21);1H. The van der Waals surface area contributed by atoms with E-state index in [9.17, 15) is 5.11 Å². The Kier molecular flexibility index (Phi) is 9.47. The molecule has 0 saturated heterocycles. The van der Waals surface area contributed by atoms with E-state index in [1.54, 1.807) is 24.3 Å². The Labute approximate surface area is 178 Å². The number of halogens is 2. The van der Waals surface area contributed by atoms with Gasteiger partial charge in [-0.15, -0.1) is 35.3 Å². The van der Waals surface area contributed by atoms with Crippen molar-refractivity contribution in [1.29, 1.82) is 0 Å². The van der Waals surface area contributed by atoms with E-state index in [2.05, 4.69) is 43.7 Å². The number of aliphatic imine (C=N–C) groups is 1. The van der Waals surface area contributed by atoms with E-state index < -0.39 is 5.60 Å². The van der Waals surface area contributed by atoms with Crippen molar-refractivity contribution in [3.05, 3.63) is 44.4 Å². The first-order valence-electron chi connectivity index (χ1n) is 7.96. The van der Waals surface area contributed by atoms with Gasteiger partial charge >= 0.3 is 0 Å². The normalized spacial score (nSPS) is 13.9. The minimum absolute atomic E-state index is 0. The maximum atomic E-state index is 10.6. The van der Waals surface area contributed by atoms with Crippen molar-refractivity contribution in [2.45, 2.75) is 32.8 Å². The van der Waals surface area contributed by atoms with Crippen LogP contribution in [-0.2, 0) is 12.0 Å². The summed E-state index contributed by atoms with van der Waals surface area (Å²) >= 11 is 5.21. The fourth-order valence-corrected chi connectivity index (χ4v) is 3.65. The predicted octanol–water partition coefficient (Wildman–Crippen LogP) is 4.04. The van der Waals surface area contributed by atoms with Crippen LogP contribution < -0.4 is 10.6 Å². The molecule has 0 saturated carbocycles. The molecular weight excluding hydrogens is 517 g/mol. The Bertz CT molecular complexity index is 685. The third kappa shape index (κ3) is 7.28. The van der Waals surface area contributed by atoms with E-state index in [4.69, 9.17) is 4.42 Å². The zero-order chi connectivity index (χ0) is 17.6. The molecule has 0 amide bonds. The van der Waals surface area contributed by atoms with Crippen LogP contribution >= 0.6 is 51.2 Å². The van der Waals surface area contributed by atoms with Crippen molar-refractivity contribution < 1.29 is 9.52 Å². The summed E-state index contributed by atoms with van der Waals surface area (Å²) in [6.45, 7) is 7.35. The van der Waals surface area contributed by atoms with Crippen LogP contribution in [0.3, 0.4) is 0 Å². The molecule has 2 heterocycles. The van der Waals surface area contributed by atoms with Crippen molar-refractivity contribution in [2.24, 2.45) is 4.99 Å². The molecule has 0 aromatic carbocycles. The molecule has 2 aromatic heterocycles.